The van der Waals surface area contributed by atoms with Crippen LogP contribution in [0.5, 0.6) is 17.2 Å². The molecule has 6 aliphatic rings. The summed E-state index contributed by atoms with van der Waals surface area (Å²) in [5.41, 5.74) is 3.79. The van der Waals surface area contributed by atoms with Crippen molar-refractivity contribution in [2.24, 2.45) is 17.8 Å². The third-order valence-corrected chi connectivity index (χ3v) is 13.4. The lowest BCUT2D eigenvalue weighted by Gasteiger charge is -2.37. The largest absolute Gasteiger partial charge is 0.490 e. The fraction of sp³-hybridized carbons (Fsp3) is 0.674. The lowest BCUT2D eigenvalue weighted by Crippen LogP contribution is -2.48. The van der Waals surface area contributed by atoms with Gasteiger partial charge in [-0.1, -0.05) is 0 Å². The van der Waals surface area contributed by atoms with Crippen LogP contribution in [-0.4, -0.2) is 132 Å². The summed E-state index contributed by atoms with van der Waals surface area (Å²) in [5.74, 6) is 6.29. The monoisotopic (exact) mass is 801 g/mol. The van der Waals surface area contributed by atoms with Crippen molar-refractivity contribution in [3.05, 3.63) is 72.1 Å². The highest BCUT2D eigenvalue weighted by molar-refractivity contribution is 5.32. The first-order valence-electron chi connectivity index (χ1n) is 22.1. The molecule has 12 heteroatoms. The zero-order chi connectivity index (χ0) is 40.3. The van der Waals surface area contributed by atoms with Gasteiger partial charge in [-0.15, -0.1) is 0 Å². The molecule has 0 bridgehead atoms. The minimum Gasteiger partial charge on any atom is -0.490 e. The molecule has 6 heterocycles. The second-order valence-corrected chi connectivity index (χ2v) is 17.6. The van der Waals surface area contributed by atoms with E-state index in [1.807, 2.05) is 24.8 Å². The van der Waals surface area contributed by atoms with Gasteiger partial charge in [0, 0.05) is 56.5 Å². The minimum atomic E-state index is 0.290. The Bertz CT molecular complexity index is 1630. The molecule has 9 atom stereocenters. The lowest BCUT2D eigenvalue weighted by atomic mass is 10.1. The third kappa shape index (κ3) is 12.3. The number of pyridine rings is 3. The van der Waals surface area contributed by atoms with Crippen molar-refractivity contribution in [2.75, 3.05) is 73.4 Å². The van der Waals surface area contributed by atoms with Crippen LogP contribution in [0.15, 0.2) is 55.4 Å². The van der Waals surface area contributed by atoms with Crippen LogP contribution in [0.1, 0.15) is 105 Å². The normalized spacial score (nSPS) is 29.6. The smallest absolute Gasteiger partial charge is 0.137 e. The van der Waals surface area contributed by atoms with Crippen molar-refractivity contribution in [2.45, 2.75) is 107 Å². The van der Waals surface area contributed by atoms with E-state index < -0.39 is 0 Å². The maximum Gasteiger partial charge on any atom is 0.137 e. The van der Waals surface area contributed by atoms with Crippen LogP contribution < -0.4 is 19.5 Å². The number of ether oxygens (including phenoxy) is 3. The number of likely N-dealkylation sites (tertiary alicyclic amines) is 2. The van der Waals surface area contributed by atoms with Gasteiger partial charge in [0.1, 0.15) is 37.1 Å². The summed E-state index contributed by atoms with van der Waals surface area (Å²) in [5, 5.41) is 30.3. The summed E-state index contributed by atoms with van der Waals surface area (Å²) in [4.78, 5) is 17.5. The number of nitrogens with one attached hydrogen (secondary N) is 1. The molecule has 0 radical (unpaired) electrons. The quantitative estimate of drug-likeness (QED) is 0.131. The van der Waals surface area contributed by atoms with Crippen LogP contribution >= 0.6 is 0 Å². The van der Waals surface area contributed by atoms with Crippen molar-refractivity contribution in [1.82, 2.24) is 30.1 Å². The first-order chi connectivity index (χ1) is 28.4. The number of likely N-dealkylation sites (N-methyl/N-ethyl adjacent to an activating group) is 2. The van der Waals surface area contributed by atoms with E-state index in [4.69, 9.17) is 29.5 Å². The molecular weight excluding hydrogens is 733 g/mol. The van der Waals surface area contributed by atoms with Gasteiger partial charge in [0.2, 0.25) is 0 Å². The molecule has 3 saturated heterocycles. The summed E-state index contributed by atoms with van der Waals surface area (Å²) < 4.78 is 17.6. The molecule has 1 unspecified atom stereocenters. The number of rotatable bonds is 18. The van der Waals surface area contributed by atoms with Gasteiger partial charge in [-0.2, -0.15) is 0 Å². The van der Waals surface area contributed by atoms with Crippen LogP contribution in [-0.2, 0) is 0 Å². The maximum absolute atomic E-state index is 8.98. The summed E-state index contributed by atoms with van der Waals surface area (Å²) in [6, 6.07) is 7.96. The van der Waals surface area contributed by atoms with E-state index in [0.717, 1.165) is 62.9 Å². The van der Waals surface area contributed by atoms with Crippen molar-refractivity contribution < 1.29 is 29.5 Å². The molecule has 58 heavy (non-hydrogen) atoms. The van der Waals surface area contributed by atoms with Gasteiger partial charge >= 0.3 is 0 Å². The molecule has 0 spiro atoms. The molecule has 3 aliphatic heterocycles. The Kier molecular flexibility index (Phi) is 15.6. The summed E-state index contributed by atoms with van der Waals surface area (Å²) in [6.07, 6.45) is 23.6. The molecule has 3 aromatic rings. The summed E-state index contributed by atoms with van der Waals surface area (Å²) >= 11 is 0. The summed E-state index contributed by atoms with van der Waals surface area (Å²) in [7, 11) is 4.30. The zero-order valence-corrected chi connectivity index (χ0v) is 34.8. The Morgan fingerprint density at radius 2 is 1.02 bits per heavy atom. The SMILES string of the molecule is CN1CCC1COc1cncc([C@H]2C[C@@H]2CCO)c1.CN1CCC[C@H]1COc1cncc([C@H]2C[C@@H]2CCO)c1.OCC[C@H]1C[C@@H]1c1cncc(OC[C@@H]2CCCN2)c1. The van der Waals surface area contributed by atoms with Crippen LogP contribution in [0.3, 0.4) is 0 Å². The van der Waals surface area contributed by atoms with Gasteiger partial charge in [0.05, 0.1) is 18.6 Å². The number of aromatic nitrogens is 3. The Morgan fingerprint density at radius 1 is 0.569 bits per heavy atom. The molecular formula is C46H68N6O6. The fourth-order valence-corrected chi connectivity index (χ4v) is 9.02. The lowest BCUT2D eigenvalue weighted by molar-refractivity contribution is 0.0767. The second kappa shape index (κ2) is 21.2. The Labute approximate surface area is 345 Å². The molecule has 0 amide bonds. The van der Waals surface area contributed by atoms with Gasteiger partial charge < -0.3 is 39.7 Å². The standard InChI is InChI=1S/C16H24N2O2.2C15H22N2O2/c1-18-5-2-3-14(18)11-20-15-7-13(9-17-10-15)16-8-12(16)4-6-19;1-17-4-2-13(17)10-19-14-6-12(8-16-9-14)15-7-11(15)3-5-18;18-5-3-11-7-15(11)12-6-14(9-16-8-12)19-10-13-2-1-4-17-13/h7,9-10,12,14,16,19H,2-6,8,11H2,1H3;6,8-9,11,13,15,18H,2-5,7,10H2,1H3;6,8-9,11,13,15,17-18H,1-5,7,10H2/t12-,14-,16-;11-,13?,15-;11-,13-,15-/m000/s1. The van der Waals surface area contributed by atoms with Crippen LogP contribution in [0.2, 0.25) is 0 Å². The fourth-order valence-electron chi connectivity index (χ4n) is 9.02. The van der Waals surface area contributed by atoms with E-state index in [-0.39, 0.29) is 6.61 Å². The number of nitrogens with zero attached hydrogens (tertiary/aromatic N) is 5. The Hall–Kier alpha value is -3.39. The molecule has 6 fully saturated rings. The van der Waals surface area contributed by atoms with Crippen molar-refractivity contribution in [3.63, 3.8) is 0 Å². The molecule has 12 nitrogen and oxygen atoms in total. The van der Waals surface area contributed by atoms with E-state index in [1.54, 1.807) is 12.4 Å². The average Bonchev–Trinajstić information content (AvgIpc) is 4.21. The number of hydrogen-bond acceptors (Lipinski definition) is 12. The first kappa shape index (κ1) is 42.7. The van der Waals surface area contributed by atoms with Crippen molar-refractivity contribution >= 4 is 0 Å². The molecule has 318 valence electrons. The third-order valence-electron chi connectivity index (χ3n) is 13.4. The molecule has 3 aliphatic carbocycles. The van der Waals surface area contributed by atoms with E-state index >= 15 is 0 Å². The van der Waals surface area contributed by atoms with Gasteiger partial charge in [-0.25, -0.2) is 0 Å². The predicted octanol–water partition coefficient (Wildman–Crippen LogP) is 5.39. The van der Waals surface area contributed by atoms with Gasteiger partial charge in [-0.05, 0) is 175 Å². The van der Waals surface area contributed by atoms with E-state index in [0.29, 0.717) is 66.8 Å². The topological polar surface area (TPSA) is 146 Å². The molecule has 9 rings (SSSR count). The number of aliphatic hydroxyl groups is 3. The number of hydrogen-bond donors (Lipinski definition) is 4. The van der Waals surface area contributed by atoms with Crippen molar-refractivity contribution in [1.29, 1.82) is 0 Å². The molecule has 3 aromatic heterocycles. The zero-order valence-electron chi connectivity index (χ0n) is 34.8. The minimum absolute atomic E-state index is 0.290. The first-order valence-corrected chi connectivity index (χ1v) is 22.1. The van der Waals surface area contributed by atoms with E-state index in [2.05, 4.69) is 62.4 Å². The highest BCUT2D eigenvalue weighted by atomic mass is 16.5. The molecule has 4 N–H and O–H groups in total. The van der Waals surface area contributed by atoms with Crippen LogP contribution in [0, 0.1) is 17.8 Å². The van der Waals surface area contributed by atoms with Gasteiger partial charge in [-0.3, -0.25) is 19.9 Å². The molecule has 0 aromatic carbocycles. The predicted molar refractivity (Wildman–Crippen MR) is 225 cm³/mol. The van der Waals surface area contributed by atoms with Crippen LogP contribution in [0.25, 0.3) is 0 Å². The summed E-state index contributed by atoms with van der Waals surface area (Å²) in [6.45, 7) is 6.58. The second-order valence-electron chi connectivity index (χ2n) is 17.6. The highest BCUT2D eigenvalue weighted by Crippen LogP contribution is 2.51. The van der Waals surface area contributed by atoms with E-state index in [1.165, 1.54) is 81.1 Å². The van der Waals surface area contributed by atoms with Gasteiger partial charge in [0.15, 0.2) is 0 Å². The molecule has 3 saturated carbocycles. The number of aliphatic hydroxyl groups excluding tert-OH is 3. The average molecular weight is 801 g/mol. The van der Waals surface area contributed by atoms with Crippen LogP contribution in [0.4, 0.5) is 0 Å². The highest BCUT2D eigenvalue weighted by Gasteiger charge is 2.39. The Balaban J connectivity index is 0.000000132. The van der Waals surface area contributed by atoms with Gasteiger partial charge in [0.25, 0.3) is 0 Å². The van der Waals surface area contributed by atoms with E-state index in [9.17, 15) is 0 Å². The van der Waals surface area contributed by atoms with Crippen molar-refractivity contribution in [3.8, 4) is 17.2 Å². The Morgan fingerprint density at radius 3 is 1.38 bits per heavy atom. The maximum atomic E-state index is 8.98.